The van der Waals surface area contributed by atoms with Crippen LogP contribution in [0.3, 0.4) is 0 Å². The van der Waals surface area contributed by atoms with Crippen LogP contribution < -0.4 is 11.1 Å². The highest BCUT2D eigenvalue weighted by Crippen LogP contribution is 2.38. The number of ether oxygens (including phenoxy) is 1. The minimum Gasteiger partial charge on any atom is -0.444 e. The second-order valence-corrected chi connectivity index (χ2v) is 16.3. The van der Waals surface area contributed by atoms with Crippen molar-refractivity contribution in [2.24, 2.45) is 11.7 Å². The quantitative estimate of drug-likeness (QED) is 0.190. The van der Waals surface area contributed by atoms with Gasteiger partial charge in [-0.25, -0.2) is 9.69 Å². The Morgan fingerprint density at radius 3 is 2.32 bits per heavy atom. The second-order valence-electron chi connectivity index (χ2n) is 10.3. The van der Waals surface area contributed by atoms with Gasteiger partial charge in [-0.3, -0.25) is 24.5 Å². The zero-order chi connectivity index (χ0) is 28.1. The number of nitro groups is 1. The van der Waals surface area contributed by atoms with E-state index in [9.17, 15) is 29.3 Å². The van der Waals surface area contributed by atoms with Crippen molar-refractivity contribution in [2.75, 3.05) is 13.2 Å². The van der Waals surface area contributed by atoms with Crippen molar-refractivity contribution in [1.29, 1.82) is 0 Å². The predicted molar refractivity (Wildman–Crippen MR) is 140 cm³/mol. The van der Waals surface area contributed by atoms with E-state index in [2.05, 4.69) is 39.2 Å². The summed E-state index contributed by atoms with van der Waals surface area (Å²) in [5, 5.41) is 12.3. The lowest BCUT2D eigenvalue weighted by Gasteiger charge is -2.41. The van der Waals surface area contributed by atoms with Gasteiger partial charge in [-0.1, -0.05) is 32.5 Å². The number of rotatable bonds is 10. The normalized spacial score (nSPS) is 18.3. The van der Waals surface area contributed by atoms with Gasteiger partial charge in [0.05, 0.1) is 22.3 Å². The molecule has 1 aromatic rings. The third-order valence-electron chi connectivity index (χ3n) is 6.35. The number of nitro benzene ring substituents is 1. The summed E-state index contributed by atoms with van der Waals surface area (Å²) >= 11 is 0.808. The molecule has 1 aromatic carbocycles. The second kappa shape index (κ2) is 12.2. The van der Waals surface area contributed by atoms with Gasteiger partial charge in [-0.05, 0) is 42.8 Å². The van der Waals surface area contributed by atoms with Gasteiger partial charge in [0.2, 0.25) is 16.9 Å². The minimum absolute atomic E-state index is 0.0414. The van der Waals surface area contributed by atoms with E-state index >= 15 is 0 Å². The summed E-state index contributed by atoms with van der Waals surface area (Å²) in [6.07, 6.45) is -1.08. The van der Waals surface area contributed by atoms with E-state index in [-0.39, 0.29) is 29.8 Å². The molecule has 0 bridgehead atoms. The van der Waals surface area contributed by atoms with Crippen molar-refractivity contribution in [3.05, 3.63) is 39.9 Å². The summed E-state index contributed by atoms with van der Waals surface area (Å²) in [5.41, 5.74) is 5.98. The molecule has 1 fully saturated rings. The van der Waals surface area contributed by atoms with Crippen LogP contribution in [-0.4, -0.2) is 65.7 Å². The minimum atomic E-state index is -2.10. The number of carbonyl (C=O) groups excluding carboxylic acids is 4. The fourth-order valence-corrected chi connectivity index (χ4v) is 4.96. The van der Waals surface area contributed by atoms with Gasteiger partial charge < -0.3 is 20.2 Å². The molecule has 37 heavy (non-hydrogen) atoms. The number of nitrogens with one attached hydrogen (secondary N) is 1. The topological polar surface area (TPSA) is 171 Å². The van der Waals surface area contributed by atoms with Crippen molar-refractivity contribution in [3.8, 4) is 0 Å². The molecule has 3 N–H and O–H groups in total. The smallest absolute Gasteiger partial charge is 0.417 e. The Kier molecular flexibility index (Phi) is 9.99. The first-order valence-corrected chi connectivity index (χ1v) is 15.4. The van der Waals surface area contributed by atoms with Crippen LogP contribution in [0.1, 0.15) is 33.3 Å². The van der Waals surface area contributed by atoms with E-state index in [4.69, 9.17) is 14.9 Å². The first-order valence-electron chi connectivity index (χ1n) is 11.6. The van der Waals surface area contributed by atoms with Crippen LogP contribution in [0.2, 0.25) is 18.1 Å². The van der Waals surface area contributed by atoms with Crippen LogP contribution in [0.4, 0.5) is 10.5 Å². The van der Waals surface area contributed by atoms with Crippen LogP contribution in [-0.2, 0) is 30.2 Å². The maximum Gasteiger partial charge on any atom is 0.417 e. The molecule has 1 saturated heterocycles. The molecule has 12 nitrogen and oxygen atoms in total. The van der Waals surface area contributed by atoms with E-state index in [1.807, 2.05) is 0 Å². The third kappa shape index (κ3) is 8.08. The zero-order valence-electron chi connectivity index (χ0n) is 21.8. The molecule has 0 unspecified atom stereocenters. The number of thioether (sulfide) groups is 1. The Labute approximate surface area is 220 Å². The average molecular weight is 555 g/mol. The van der Waals surface area contributed by atoms with Crippen molar-refractivity contribution in [1.82, 2.24) is 10.2 Å². The highest BCUT2D eigenvalue weighted by molar-refractivity contribution is 8.14. The lowest BCUT2D eigenvalue weighted by Crippen LogP contribution is -2.60. The van der Waals surface area contributed by atoms with Gasteiger partial charge in [0.25, 0.3) is 5.69 Å². The number of nitrogens with two attached hydrogens (primary N) is 1. The Bertz CT molecular complexity index is 1040. The fraction of sp³-hybridized carbons (Fsp3) is 0.565. The molecule has 1 heterocycles. The van der Waals surface area contributed by atoms with E-state index in [1.165, 1.54) is 31.2 Å². The molecule has 204 valence electrons. The molecular weight excluding hydrogens is 520 g/mol. The average Bonchev–Trinajstić information content (AvgIpc) is 2.79. The molecule has 1 aliphatic heterocycles. The molecule has 14 heteroatoms. The molecule has 0 aromatic heterocycles. The number of benzene rings is 1. The number of imide groups is 1. The van der Waals surface area contributed by atoms with Crippen LogP contribution in [0.25, 0.3) is 0 Å². The zero-order valence-corrected chi connectivity index (χ0v) is 23.6. The summed E-state index contributed by atoms with van der Waals surface area (Å²) in [6.45, 7) is 11.1. The Balaban J connectivity index is 1.98. The SMILES string of the molecule is C[C@H](N)C(=O)N(CC(=O)S[C@H]1NC(=O)[C@@H]1CO[Si](C)(C)C(C)(C)C)C(=O)OCc1ccc([N+](=O)[O-])cc1. The molecule has 3 atom stereocenters. The maximum atomic E-state index is 12.7. The van der Waals surface area contributed by atoms with Crippen LogP contribution in [0.5, 0.6) is 0 Å². The number of carbonyl (C=O) groups is 4. The van der Waals surface area contributed by atoms with Gasteiger partial charge >= 0.3 is 6.09 Å². The molecule has 0 aliphatic carbocycles. The third-order valence-corrected chi connectivity index (χ3v) is 11.9. The molecule has 1 aliphatic rings. The van der Waals surface area contributed by atoms with Gasteiger partial charge in [-0.2, -0.15) is 0 Å². The van der Waals surface area contributed by atoms with Crippen LogP contribution in [0, 0.1) is 16.0 Å². The molecule has 0 spiro atoms. The molecule has 0 saturated carbocycles. The number of amides is 3. The van der Waals surface area contributed by atoms with E-state index < -0.39 is 54.2 Å². The number of nitrogens with zero attached hydrogens (tertiary/aromatic N) is 2. The fourth-order valence-electron chi connectivity index (χ4n) is 2.90. The van der Waals surface area contributed by atoms with Gasteiger partial charge in [0, 0.05) is 18.7 Å². The summed E-state index contributed by atoms with van der Waals surface area (Å²) in [6, 6.07) is 4.27. The number of β-lactam (4-membered cyclic amide) rings is 1. The first-order chi connectivity index (χ1) is 17.0. The summed E-state index contributed by atoms with van der Waals surface area (Å²) in [7, 11) is -2.10. The Morgan fingerprint density at radius 2 is 1.84 bits per heavy atom. The molecular formula is C23H34N4O8SSi. The highest BCUT2D eigenvalue weighted by Gasteiger charge is 2.45. The molecule has 0 radical (unpaired) electrons. The summed E-state index contributed by atoms with van der Waals surface area (Å²) in [4.78, 5) is 60.8. The van der Waals surface area contributed by atoms with Crippen LogP contribution >= 0.6 is 11.8 Å². The Morgan fingerprint density at radius 1 is 1.24 bits per heavy atom. The van der Waals surface area contributed by atoms with Crippen molar-refractivity contribution in [3.63, 3.8) is 0 Å². The maximum absolute atomic E-state index is 12.7. The Hall–Kier alpha value is -2.81. The monoisotopic (exact) mass is 554 g/mol. The van der Waals surface area contributed by atoms with Crippen molar-refractivity contribution >= 4 is 48.8 Å². The summed E-state index contributed by atoms with van der Waals surface area (Å²) < 4.78 is 11.3. The molecule has 3 amide bonds. The number of non-ortho nitro benzene ring substituents is 1. The standard InChI is InChI=1S/C23H34N4O8SSi/c1-14(24)21(30)26(22(31)34-12-15-7-9-16(10-8-15)27(32)33)11-18(28)36-20-17(19(29)25-20)13-35-37(5,6)23(2,3)4/h7-10,14,17,20H,11-13,24H2,1-6H3,(H,25,29)/t14-,17-,20+/m0/s1. The largest absolute Gasteiger partial charge is 0.444 e. The van der Waals surface area contributed by atoms with Crippen LogP contribution in [0.15, 0.2) is 24.3 Å². The highest BCUT2D eigenvalue weighted by atomic mass is 32.2. The van der Waals surface area contributed by atoms with Crippen molar-refractivity contribution < 1.29 is 33.3 Å². The van der Waals surface area contributed by atoms with Crippen molar-refractivity contribution in [2.45, 2.75) is 63.8 Å². The number of hydrogen-bond acceptors (Lipinski definition) is 10. The van der Waals surface area contributed by atoms with E-state index in [1.54, 1.807) is 0 Å². The lowest BCUT2D eigenvalue weighted by atomic mass is 10.0. The lowest BCUT2D eigenvalue weighted by molar-refractivity contribution is -0.384. The van der Waals surface area contributed by atoms with Gasteiger partial charge in [-0.15, -0.1) is 0 Å². The predicted octanol–water partition coefficient (Wildman–Crippen LogP) is 2.76. The van der Waals surface area contributed by atoms with E-state index in [0.29, 0.717) is 10.5 Å². The van der Waals surface area contributed by atoms with Gasteiger partial charge in [0.15, 0.2) is 8.32 Å². The number of hydrogen-bond donors (Lipinski definition) is 2. The summed E-state index contributed by atoms with van der Waals surface area (Å²) in [5.74, 6) is -1.57. The molecule has 2 rings (SSSR count). The van der Waals surface area contributed by atoms with Gasteiger partial charge in [0.1, 0.15) is 13.2 Å². The van der Waals surface area contributed by atoms with E-state index in [0.717, 1.165) is 11.8 Å². The first kappa shape index (κ1) is 30.4.